The number of hydrogen-bond acceptors (Lipinski definition) is 5. The average molecular weight is 483 g/mol. The quantitative estimate of drug-likeness (QED) is 0.546. The van der Waals surface area contributed by atoms with Gasteiger partial charge in [0, 0.05) is 25.6 Å². The number of hydrogen-bond donors (Lipinski definition) is 0. The number of carbonyl (C=O) groups excluding carboxylic acids is 2. The van der Waals surface area contributed by atoms with Gasteiger partial charge in [0.05, 0.1) is 22.2 Å². The van der Waals surface area contributed by atoms with E-state index in [2.05, 4.69) is 9.84 Å². The Balaban J connectivity index is 1.82. The predicted molar refractivity (Wildman–Crippen MR) is 106 cm³/mol. The summed E-state index contributed by atoms with van der Waals surface area (Å²) in [5.41, 5.74) is 0.211. The Morgan fingerprint density at radius 1 is 1.27 bits per heavy atom. The van der Waals surface area contributed by atoms with Crippen LogP contribution in [0.25, 0.3) is 11.3 Å². The molecule has 1 amide bonds. The topological polar surface area (TPSA) is 73.7 Å². The molecule has 1 saturated heterocycles. The first-order chi connectivity index (χ1) is 14.2. The number of esters is 1. The molecular weight excluding hydrogens is 467 g/mol. The summed E-state index contributed by atoms with van der Waals surface area (Å²) in [6, 6.07) is 2.62. The van der Waals surface area contributed by atoms with Crippen molar-refractivity contribution in [2.24, 2.45) is 7.05 Å². The largest absolute Gasteiger partial charge is 0.460 e. The fraction of sp³-hybridized carbons (Fsp3) is 0.389. The summed E-state index contributed by atoms with van der Waals surface area (Å²) in [6.07, 6.45) is 1.27. The zero-order valence-corrected chi connectivity index (χ0v) is 17.9. The number of nitrogens with zero attached hydrogens (tertiary/aromatic N) is 3. The van der Waals surface area contributed by atoms with Gasteiger partial charge in [0.25, 0.3) is 0 Å². The van der Waals surface area contributed by atoms with Gasteiger partial charge in [-0.2, -0.15) is 13.9 Å². The van der Waals surface area contributed by atoms with Crippen molar-refractivity contribution >= 4 is 46.7 Å². The fourth-order valence-corrected chi connectivity index (χ4v) is 3.88. The third-order valence-electron chi connectivity index (χ3n) is 4.44. The molecule has 2 aromatic rings. The lowest BCUT2D eigenvalue weighted by molar-refractivity contribution is -0.128. The zero-order valence-electron chi connectivity index (χ0n) is 15.6. The van der Waals surface area contributed by atoms with Crippen molar-refractivity contribution in [2.75, 3.05) is 19.7 Å². The van der Waals surface area contributed by atoms with E-state index in [0.29, 0.717) is 13.0 Å². The van der Waals surface area contributed by atoms with Gasteiger partial charge in [-0.3, -0.25) is 4.79 Å². The van der Waals surface area contributed by atoms with E-state index in [1.807, 2.05) is 0 Å². The Kier molecular flexibility index (Phi) is 7.05. The van der Waals surface area contributed by atoms with Gasteiger partial charge < -0.3 is 14.4 Å². The number of aryl methyl sites for hydroxylation is 1. The van der Waals surface area contributed by atoms with Crippen molar-refractivity contribution < 1.29 is 27.8 Å². The third kappa shape index (κ3) is 4.79. The lowest BCUT2D eigenvalue weighted by atomic mass is 10.1. The highest BCUT2D eigenvalue weighted by Crippen LogP contribution is 2.40. The highest BCUT2D eigenvalue weighted by molar-refractivity contribution is 6.39. The third-order valence-corrected chi connectivity index (χ3v) is 5.40. The van der Waals surface area contributed by atoms with Crippen LogP contribution in [0.2, 0.25) is 15.1 Å². The first kappa shape index (κ1) is 22.6. The molecule has 3 rings (SSSR count). The van der Waals surface area contributed by atoms with E-state index in [1.165, 1.54) is 19.2 Å². The van der Waals surface area contributed by atoms with Gasteiger partial charge in [0.2, 0.25) is 11.8 Å². The summed E-state index contributed by atoms with van der Waals surface area (Å²) in [5.74, 6) is -1.07. The summed E-state index contributed by atoms with van der Waals surface area (Å²) in [7, 11) is 1.37. The maximum atomic E-state index is 12.6. The van der Waals surface area contributed by atoms with E-state index in [4.69, 9.17) is 39.5 Å². The van der Waals surface area contributed by atoms with Crippen LogP contribution in [0.3, 0.4) is 0 Å². The van der Waals surface area contributed by atoms with Gasteiger partial charge in [-0.05, 0) is 18.6 Å². The molecule has 1 aliphatic heterocycles. The van der Waals surface area contributed by atoms with Crippen LogP contribution in [-0.4, -0.2) is 52.9 Å². The van der Waals surface area contributed by atoms with Crippen molar-refractivity contribution in [3.05, 3.63) is 32.8 Å². The Bertz CT molecular complexity index is 984. The van der Waals surface area contributed by atoms with E-state index in [0.717, 1.165) is 11.1 Å². The second kappa shape index (κ2) is 9.36. The minimum absolute atomic E-state index is 0.00438. The minimum Gasteiger partial charge on any atom is -0.460 e. The number of likely N-dealkylation sites (tertiary alicyclic amines) is 1. The predicted octanol–water partition coefficient (Wildman–Crippen LogP) is 4.43. The van der Waals surface area contributed by atoms with Crippen LogP contribution < -0.4 is 4.74 Å². The van der Waals surface area contributed by atoms with E-state index in [1.54, 1.807) is 4.90 Å². The molecule has 1 aliphatic rings. The number of rotatable bonds is 7. The SMILES string of the molecule is Cn1nc(-c2cc(C(=O)OCCN3CCCC3=O)c(Cl)cc2Cl)c(Cl)c1OC(F)F. The summed E-state index contributed by atoms with van der Waals surface area (Å²) in [4.78, 5) is 25.7. The van der Waals surface area contributed by atoms with Crippen molar-refractivity contribution in [2.45, 2.75) is 19.5 Å². The van der Waals surface area contributed by atoms with Crippen molar-refractivity contribution in [1.82, 2.24) is 14.7 Å². The van der Waals surface area contributed by atoms with Crippen LogP contribution in [0, 0.1) is 0 Å². The van der Waals surface area contributed by atoms with E-state index < -0.39 is 12.6 Å². The van der Waals surface area contributed by atoms with Crippen molar-refractivity contribution in [3.63, 3.8) is 0 Å². The van der Waals surface area contributed by atoms with E-state index >= 15 is 0 Å². The lowest BCUT2D eigenvalue weighted by Gasteiger charge is -2.15. The number of amides is 1. The molecule has 1 aromatic carbocycles. The summed E-state index contributed by atoms with van der Waals surface area (Å²) < 4.78 is 35.8. The van der Waals surface area contributed by atoms with Crippen LogP contribution in [-0.2, 0) is 16.6 Å². The molecule has 0 radical (unpaired) electrons. The van der Waals surface area contributed by atoms with E-state index in [-0.39, 0.29) is 56.8 Å². The standard InChI is InChI=1S/C18H16Cl3F2N3O4/c1-25-16(30-18(22)23)14(21)15(24-25)9-7-10(12(20)8-11(9)19)17(28)29-6-5-26-4-2-3-13(26)27/h7-8,18H,2-6H2,1H3. The van der Waals surface area contributed by atoms with Crippen LogP contribution >= 0.6 is 34.8 Å². The molecule has 0 spiro atoms. The smallest absolute Gasteiger partial charge is 0.388 e. The summed E-state index contributed by atoms with van der Waals surface area (Å²) >= 11 is 18.5. The van der Waals surface area contributed by atoms with Crippen LogP contribution in [0.1, 0.15) is 23.2 Å². The van der Waals surface area contributed by atoms with Gasteiger partial charge in [-0.1, -0.05) is 34.8 Å². The first-order valence-corrected chi connectivity index (χ1v) is 9.94. The molecule has 1 fully saturated rings. The second-order valence-electron chi connectivity index (χ2n) is 6.40. The second-order valence-corrected chi connectivity index (χ2v) is 7.59. The average Bonchev–Trinajstić information content (AvgIpc) is 3.19. The molecule has 0 N–H and O–H groups in total. The Morgan fingerprint density at radius 2 is 2.00 bits per heavy atom. The normalized spacial score (nSPS) is 14.0. The minimum atomic E-state index is -3.10. The van der Waals surface area contributed by atoms with Gasteiger partial charge in [0.1, 0.15) is 17.3 Å². The van der Waals surface area contributed by atoms with Crippen molar-refractivity contribution in [1.29, 1.82) is 0 Å². The molecule has 12 heteroatoms. The monoisotopic (exact) mass is 481 g/mol. The molecule has 0 saturated carbocycles. The molecule has 162 valence electrons. The molecule has 7 nitrogen and oxygen atoms in total. The fourth-order valence-electron chi connectivity index (χ4n) is 3.02. The number of benzene rings is 1. The number of ether oxygens (including phenoxy) is 2. The van der Waals surface area contributed by atoms with Crippen LogP contribution in [0.5, 0.6) is 5.88 Å². The molecular formula is C18H16Cl3F2N3O4. The van der Waals surface area contributed by atoms with Gasteiger partial charge >= 0.3 is 12.6 Å². The Hall–Kier alpha value is -2.10. The maximum absolute atomic E-state index is 12.6. The molecule has 0 atom stereocenters. The van der Waals surface area contributed by atoms with Crippen molar-refractivity contribution in [3.8, 4) is 17.1 Å². The van der Waals surface area contributed by atoms with Gasteiger partial charge in [-0.25, -0.2) is 9.48 Å². The maximum Gasteiger partial charge on any atom is 0.388 e. The Morgan fingerprint density at radius 3 is 2.63 bits per heavy atom. The van der Waals surface area contributed by atoms with Crippen LogP contribution in [0.15, 0.2) is 12.1 Å². The number of halogens is 5. The molecule has 1 aromatic heterocycles. The highest BCUT2D eigenvalue weighted by atomic mass is 35.5. The first-order valence-electron chi connectivity index (χ1n) is 8.80. The molecule has 0 aliphatic carbocycles. The zero-order chi connectivity index (χ0) is 22.0. The molecule has 0 unspecified atom stereocenters. The highest BCUT2D eigenvalue weighted by Gasteiger charge is 2.25. The summed E-state index contributed by atoms with van der Waals surface area (Å²) in [6.45, 7) is -2.19. The number of aromatic nitrogens is 2. The number of carbonyl (C=O) groups is 2. The molecule has 0 bridgehead atoms. The van der Waals surface area contributed by atoms with Crippen LogP contribution in [0.4, 0.5) is 8.78 Å². The number of alkyl halides is 2. The summed E-state index contributed by atoms with van der Waals surface area (Å²) in [5, 5.41) is 3.98. The lowest BCUT2D eigenvalue weighted by Crippen LogP contribution is -2.29. The Labute approximate surface area is 185 Å². The van der Waals surface area contributed by atoms with Gasteiger partial charge in [0.15, 0.2) is 0 Å². The molecule has 30 heavy (non-hydrogen) atoms. The van der Waals surface area contributed by atoms with E-state index in [9.17, 15) is 18.4 Å². The van der Waals surface area contributed by atoms with Gasteiger partial charge in [-0.15, -0.1) is 0 Å². The molecule has 2 heterocycles.